The molecule has 4 rings (SSSR count). The predicted molar refractivity (Wildman–Crippen MR) is 124 cm³/mol. The molecule has 3 aliphatic heterocycles. The number of amides is 1. The molecule has 1 N–H and O–H groups in total. The van der Waals surface area contributed by atoms with Gasteiger partial charge in [-0.3, -0.25) is 4.79 Å². The summed E-state index contributed by atoms with van der Waals surface area (Å²) in [4.78, 5) is 33.3. The van der Waals surface area contributed by atoms with Gasteiger partial charge in [0.05, 0.1) is 30.4 Å². The van der Waals surface area contributed by atoms with E-state index < -0.39 is 5.97 Å². The van der Waals surface area contributed by atoms with Gasteiger partial charge in [-0.15, -0.1) is 11.3 Å². The van der Waals surface area contributed by atoms with Crippen molar-refractivity contribution in [3.8, 4) is 0 Å². The molecule has 1 fully saturated rings. The molecule has 2 atom stereocenters. The molecular formula is C22H27N3O5S2. The first-order valence-corrected chi connectivity index (χ1v) is 12.4. The Morgan fingerprint density at radius 3 is 2.97 bits per heavy atom. The van der Waals surface area contributed by atoms with Crippen LogP contribution in [-0.4, -0.2) is 61.5 Å². The second-order valence-electron chi connectivity index (χ2n) is 7.65. The van der Waals surface area contributed by atoms with Gasteiger partial charge in [-0.2, -0.15) is 0 Å². The van der Waals surface area contributed by atoms with Crippen molar-refractivity contribution in [2.24, 2.45) is 4.99 Å². The Bertz CT molecular complexity index is 935. The lowest BCUT2D eigenvalue weighted by molar-refractivity contribution is -0.141. The van der Waals surface area contributed by atoms with Crippen LogP contribution in [0.3, 0.4) is 0 Å². The van der Waals surface area contributed by atoms with Crippen LogP contribution < -0.4 is 5.32 Å². The number of carbonyl (C=O) groups excluding carboxylic acids is 2. The molecule has 4 heterocycles. The number of ether oxygens (including phenoxy) is 3. The van der Waals surface area contributed by atoms with Crippen LogP contribution in [0.15, 0.2) is 44.9 Å². The fourth-order valence-electron chi connectivity index (χ4n) is 3.90. The molecule has 0 saturated carbocycles. The molecular weight excluding hydrogens is 450 g/mol. The zero-order valence-electron chi connectivity index (χ0n) is 18.2. The molecule has 8 nitrogen and oxygen atoms in total. The lowest BCUT2D eigenvalue weighted by atomic mass is 9.99. The van der Waals surface area contributed by atoms with Crippen LogP contribution in [0.25, 0.3) is 0 Å². The highest BCUT2D eigenvalue weighted by atomic mass is 32.2. The van der Waals surface area contributed by atoms with Crippen molar-refractivity contribution in [1.82, 2.24) is 10.2 Å². The predicted octanol–water partition coefficient (Wildman–Crippen LogP) is 3.20. The first-order chi connectivity index (χ1) is 15.6. The standard InChI is InChI=1S/C22H27N3O5S2/c1-14-19(21(27)30-9-8-28-2)20(17-6-4-10-31-17)25-15(13-32-22(25)24-14)11-18(26)23-12-16-5-3-7-29-16/h4,6,10,13,16,20H,3,5,7-9,11-12H2,1-2H3,(H,23,26)/t16-,20-/m1/s1. The number of aliphatic imine (C=N–C) groups is 1. The lowest BCUT2D eigenvalue weighted by Gasteiger charge is -2.35. The molecule has 1 amide bonds. The Labute approximate surface area is 195 Å². The fraction of sp³-hybridized carbons (Fsp3) is 0.500. The number of nitrogens with one attached hydrogen (secondary N) is 1. The number of amidine groups is 1. The Morgan fingerprint density at radius 1 is 1.38 bits per heavy atom. The number of fused-ring (bicyclic) bond motifs is 1. The third-order valence-electron chi connectivity index (χ3n) is 5.45. The third-order valence-corrected chi connectivity index (χ3v) is 7.26. The molecule has 0 aromatic carbocycles. The number of rotatable bonds is 9. The summed E-state index contributed by atoms with van der Waals surface area (Å²) in [5, 5.41) is 7.66. The van der Waals surface area contributed by atoms with E-state index >= 15 is 0 Å². The molecule has 1 aromatic rings. The van der Waals surface area contributed by atoms with Crippen molar-refractivity contribution in [3.05, 3.63) is 44.8 Å². The van der Waals surface area contributed by atoms with Gasteiger partial charge in [0.1, 0.15) is 12.6 Å². The molecule has 0 aliphatic carbocycles. The largest absolute Gasteiger partial charge is 0.460 e. The van der Waals surface area contributed by atoms with Crippen LogP contribution in [-0.2, 0) is 23.8 Å². The number of nitrogens with zero attached hydrogens (tertiary/aromatic N) is 2. The second-order valence-corrected chi connectivity index (χ2v) is 9.47. The number of thioether (sulfide) groups is 1. The molecule has 0 unspecified atom stereocenters. The fourth-order valence-corrected chi connectivity index (χ4v) is 5.69. The second kappa shape index (κ2) is 10.7. The normalized spacial score (nSPS) is 22.5. The monoisotopic (exact) mass is 477 g/mol. The minimum absolute atomic E-state index is 0.0750. The topological polar surface area (TPSA) is 89.5 Å². The minimum atomic E-state index is -0.417. The molecule has 172 valence electrons. The summed E-state index contributed by atoms with van der Waals surface area (Å²) in [5.74, 6) is -0.492. The van der Waals surface area contributed by atoms with Crippen LogP contribution in [0.4, 0.5) is 0 Å². The van der Waals surface area contributed by atoms with E-state index in [0.717, 1.165) is 35.2 Å². The SMILES string of the molecule is COCCOC(=O)C1=C(C)N=C2SC=C(CC(=O)NC[C@H]3CCCO3)N2[C@@H]1c1cccs1. The molecule has 1 aromatic heterocycles. The van der Waals surface area contributed by atoms with Gasteiger partial charge in [-0.05, 0) is 36.6 Å². The maximum absolute atomic E-state index is 13.0. The van der Waals surface area contributed by atoms with Gasteiger partial charge in [0.15, 0.2) is 5.17 Å². The van der Waals surface area contributed by atoms with Crippen LogP contribution >= 0.6 is 23.1 Å². The summed E-state index contributed by atoms with van der Waals surface area (Å²) in [7, 11) is 1.56. The van der Waals surface area contributed by atoms with Gasteiger partial charge in [-0.25, -0.2) is 9.79 Å². The maximum Gasteiger partial charge on any atom is 0.338 e. The molecule has 0 spiro atoms. The summed E-state index contributed by atoms with van der Waals surface area (Å²) >= 11 is 3.03. The number of carbonyl (C=O) groups is 2. The summed E-state index contributed by atoms with van der Waals surface area (Å²) in [6, 6.07) is 3.56. The summed E-state index contributed by atoms with van der Waals surface area (Å²) in [6.07, 6.45) is 2.30. The number of thiophene rings is 1. The lowest BCUT2D eigenvalue weighted by Crippen LogP contribution is -2.38. The van der Waals surface area contributed by atoms with Gasteiger partial charge in [0, 0.05) is 30.8 Å². The highest BCUT2D eigenvalue weighted by molar-refractivity contribution is 8.16. The van der Waals surface area contributed by atoms with E-state index in [0.29, 0.717) is 24.4 Å². The molecule has 32 heavy (non-hydrogen) atoms. The van der Waals surface area contributed by atoms with Crippen molar-refractivity contribution in [2.75, 3.05) is 33.5 Å². The average molecular weight is 478 g/mol. The zero-order valence-corrected chi connectivity index (χ0v) is 19.8. The van der Waals surface area contributed by atoms with E-state index in [2.05, 4.69) is 10.3 Å². The summed E-state index contributed by atoms with van der Waals surface area (Å²) in [5.41, 5.74) is 1.93. The third kappa shape index (κ3) is 5.09. The molecule has 0 radical (unpaired) electrons. The van der Waals surface area contributed by atoms with E-state index in [1.54, 1.807) is 18.4 Å². The van der Waals surface area contributed by atoms with Crippen LogP contribution in [0, 0.1) is 0 Å². The van der Waals surface area contributed by atoms with Gasteiger partial charge >= 0.3 is 5.97 Å². The highest BCUT2D eigenvalue weighted by Gasteiger charge is 2.41. The zero-order chi connectivity index (χ0) is 22.5. The first-order valence-electron chi connectivity index (χ1n) is 10.6. The van der Waals surface area contributed by atoms with E-state index in [1.807, 2.05) is 34.7 Å². The van der Waals surface area contributed by atoms with E-state index in [1.165, 1.54) is 11.8 Å². The Balaban J connectivity index is 1.53. The Hall–Kier alpha value is -2.14. The highest BCUT2D eigenvalue weighted by Crippen LogP contribution is 2.45. The number of hydrogen-bond acceptors (Lipinski definition) is 9. The first kappa shape index (κ1) is 23.0. The van der Waals surface area contributed by atoms with Gasteiger partial charge < -0.3 is 24.4 Å². The van der Waals surface area contributed by atoms with Crippen molar-refractivity contribution in [2.45, 2.75) is 38.3 Å². The van der Waals surface area contributed by atoms with Crippen molar-refractivity contribution >= 4 is 40.1 Å². The van der Waals surface area contributed by atoms with Crippen molar-refractivity contribution in [3.63, 3.8) is 0 Å². The van der Waals surface area contributed by atoms with Gasteiger partial charge in [0.2, 0.25) is 5.91 Å². The molecule has 3 aliphatic rings. The van der Waals surface area contributed by atoms with Gasteiger partial charge in [0.25, 0.3) is 0 Å². The van der Waals surface area contributed by atoms with E-state index in [4.69, 9.17) is 14.2 Å². The quantitative estimate of drug-likeness (QED) is 0.432. The summed E-state index contributed by atoms with van der Waals surface area (Å²) < 4.78 is 16.0. The number of esters is 1. The van der Waals surface area contributed by atoms with Gasteiger partial charge in [-0.1, -0.05) is 17.8 Å². The molecule has 0 bridgehead atoms. The molecule has 1 saturated heterocycles. The summed E-state index contributed by atoms with van der Waals surface area (Å²) in [6.45, 7) is 3.59. The van der Waals surface area contributed by atoms with Crippen LogP contribution in [0.1, 0.15) is 37.1 Å². The van der Waals surface area contributed by atoms with E-state index in [-0.39, 0.29) is 31.1 Å². The van der Waals surface area contributed by atoms with Crippen LogP contribution in [0.5, 0.6) is 0 Å². The smallest absolute Gasteiger partial charge is 0.338 e. The van der Waals surface area contributed by atoms with Crippen molar-refractivity contribution < 1.29 is 23.8 Å². The number of allylic oxidation sites excluding steroid dienone is 1. The van der Waals surface area contributed by atoms with E-state index in [9.17, 15) is 9.59 Å². The number of hydrogen-bond donors (Lipinski definition) is 1. The molecule has 10 heteroatoms. The van der Waals surface area contributed by atoms with Crippen molar-refractivity contribution in [1.29, 1.82) is 0 Å². The average Bonchev–Trinajstić information content (AvgIpc) is 3.54. The Morgan fingerprint density at radius 2 is 2.25 bits per heavy atom. The Kier molecular flexibility index (Phi) is 7.67. The van der Waals surface area contributed by atoms with Crippen LogP contribution in [0.2, 0.25) is 0 Å². The number of methoxy groups -OCH3 is 1. The maximum atomic E-state index is 13.0. The minimum Gasteiger partial charge on any atom is -0.460 e.